The predicted octanol–water partition coefficient (Wildman–Crippen LogP) is 3.46. The van der Waals surface area contributed by atoms with Crippen molar-refractivity contribution in [2.45, 2.75) is 37.8 Å². The summed E-state index contributed by atoms with van der Waals surface area (Å²) in [6.07, 6.45) is 5.85. The number of pyridine rings is 1. The first-order chi connectivity index (χ1) is 14.1. The van der Waals surface area contributed by atoms with Crippen LogP contribution in [0.4, 0.5) is 22.0 Å². The van der Waals surface area contributed by atoms with Crippen LogP contribution in [0.15, 0.2) is 42.6 Å². The molecule has 2 aromatic rings. The van der Waals surface area contributed by atoms with Gasteiger partial charge in [0.1, 0.15) is 0 Å². The van der Waals surface area contributed by atoms with Gasteiger partial charge in [0.05, 0.1) is 16.9 Å². The zero-order chi connectivity index (χ0) is 20.0. The molecule has 7 nitrogen and oxygen atoms in total. The number of hydrogen-bond acceptors (Lipinski definition) is 4. The number of nitrogens with zero attached hydrogens (tertiary/aromatic N) is 4. The number of urea groups is 1. The quantitative estimate of drug-likeness (QED) is 0.747. The Balaban J connectivity index is 1.60. The molecule has 150 valence electrons. The Morgan fingerprint density at radius 3 is 2.76 bits per heavy atom. The van der Waals surface area contributed by atoms with Gasteiger partial charge in [0.15, 0.2) is 5.82 Å². The van der Waals surface area contributed by atoms with Crippen LogP contribution in [0.1, 0.15) is 36.0 Å². The largest absolute Gasteiger partial charge is 0.330 e. The van der Waals surface area contributed by atoms with Gasteiger partial charge in [-0.2, -0.15) is 0 Å². The van der Waals surface area contributed by atoms with Crippen molar-refractivity contribution in [2.24, 2.45) is 0 Å². The lowest BCUT2D eigenvalue weighted by atomic mass is 9.88. The number of benzene rings is 1. The Kier molecular flexibility index (Phi) is 4.47. The number of aromatic nitrogens is 1. The van der Waals surface area contributed by atoms with Gasteiger partial charge in [0.25, 0.3) is 5.91 Å². The molecule has 0 spiro atoms. The molecule has 1 aromatic heterocycles. The summed E-state index contributed by atoms with van der Waals surface area (Å²) < 4.78 is 0. The summed E-state index contributed by atoms with van der Waals surface area (Å²) in [6.45, 7) is 1.81. The Labute approximate surface area is 170 Å². The number of rotatable bonds is 0. The topological polar surface area (TPSA) is 68.8 Å². The second-order valence-electron chi connectivity index (χ2n) is 8.06. The van der Waals surface area contributed by atoms with Crippen LogP contribution in [0, 0.1) is 0 Å². The molecular formula is C22H25N5O2. The lowest BCUT2D eigenvalue weighted by Crippen LogP contribution is -2.60. The molecule has 0 unspecified atom stereocenters. The first-order valence-corrected chi connectivity index (χ1v) is 10.3. The van der Waals surface area contributed by atoms with Gasteiger partial charge in [-0.3, -0.25) is 4.79 Å². The molecule has 0 aliphatic carbocycles. The van der Waals surface area contributed by atoms with Crippen molar-refractivity contribution < 1.29 is 9.59 Å². The maximum atomic E-state index is 14.0. The Bertz CT molecular complexity index is 962. The second kappa shape index (κ2) is 7.15. The molecule has 2 atom stereocenters. The maximum Gasteiger partial charge on any atom is 0.330 e. The number of fused-ring (bicyclic) bond motifs is 3. The molecule has 0 bridgehead atoms. The summed E-state index contributed by atoms with van der Waals surface area (Å²) in [5, 5.41) is 2.93. The molecule has 29 heavy (non-hydrogen) atoms. The smallest absolute Gasteiger partial charge is 0.320 e. The van der Waals surface area contributed by atoms with E-state index in [1.807, 2.05) is 29.2 Å². The van der Waals surface area contributed by atoms with E-state index in [0.717, 1.165) is 38.8 Å². The Morgan fingerprint density at radius 1 is 1.07 bits per heavy atom. The fourth-order valence-electron chi connectivity index (χ4n) is 5.00. The third-order valence-electron chi connectivity index (χ3n) is 6.39. The van der Waals surface area contributed by atoms with Crippen molar-refractivity contribution >= 4 is 29.1 Å². The maximum absolute atomic E-state index is 14.0. The van der Waals surface area contributed by atoms with E-state index in [-0.39, 0.29) is 18.0 Å². The van der Waals surface area contributed by atoms with E-state index < -0.39 is 0 Å². The van der Waals surface area contributed by atoms with Crippen molar-refractivity contribution in [2.75, 3.05) is 30.4 Å². The molecule has 2 saturated heterocycles. The molecule has 0 radical (unpaired) electrons. The number of para-hydroxylation sites is 2. The minimum atomic E-state index is -0.246. The molecule has 3 aliphatic rings. The van der Waals surface area contributed by atoms with Crippen molar-refractivity contribution in [3.63, 3.8) is 0 Å². The number of carbonyl (C=O) groups is 2. The summed E-state index contributed by atoms with van der Waals surface area (Å²) >= 11 is 0. The summed E-state index contributed by atoms with van der Waals surface area (Å²) in [5.74, 6) is 0.149. The first-order valence-electron chi connectivity index (χ1n) is 10.3. The highest BCUT2D eigenvalue weighted by Gasteiger charge is 2.42. The molecule has 7 heteroatoms. The summed E-state index contributed by atoms with van der Waals surface area (Å²) in [5.41, 5.74) is 1.69. The number of amides is 3. The highest BCUT2D eigenvalue weighted by Crippen LogP contribution is 2.39. The lowest BCUT2D eigenvalue weighted by Gasteiger charge is -2.49. The fraction of sp³-hybridized carbons (Fsp3) is 0.409. The van der Waals surface area contributed by atoms with E-state index in [4.69, 9.17) is 0 Å². The van der Waals surface area contributed by atoms with Crippen molar-refractivity contribution in [1.29, 1.82) is 0 Å². The minimum absolute atomic E-state index is 0.0982. The highest BCUT2D eigenvalue weighted by atomic mass is 16.2. The first kappa shape index (κ1) is 18.1. The summed E-state index contributed by atoms with van der Waals surface area (Å²) in [4.78, 5) is 37.2. The normalized spacial score (nSPS) is 24.1. The number of anilines is 3. The van der Waals surface area contributed by atoms with Crippen LogP contribution in [-0.2, 0) is 0 Å². The van der Waals surface area contributed by atoms with Gasteiger partial charge in [-0.25, -0.2) is 14.7 Å². The minimum Gasteiger partial charge on any atom is -0.320 e. The molecule has 0 saturated carbocycles. The third kappa shape index (κ3) is 2.97. The molecule has 3 amide bonds. The zero-order valence-electron chi connectivity index (χ0n) is 16.5. The number of piperidine rings is 2. The molecule has 1 N–H and O–H groups in total. The number of likely N-dealkylation sites (tertiary alicyclic amines) is 2. The standard InChI is InChI=1S/C22H25N5O2/c1-25-13-5-11-19-18(25)10-6-14-26(19)22(29)27-17-9-3-2-8-16(17)24-21(28)15-7-4-12-23-20(15)27/h2-4,7-9,12,18-19H,5-6,10-11,13-14H2,1H3,(H,24,28)/t18-,19+/m0/s1. The number of hydrogen-bond donors (Lipinski definition) is 1. The van der Waals surface area contributed by atoms with Crippen LogP contribution in [0.3, 0.4) is 0 Å². The average molecular weight is 391 g/mol. The van der Waals surface area contributed by atoms with E-state index in [2.05, 4.69) is 22.2 Å². The SMILES string of the molecule is CN1CCC[C@@H]2[C@@H]1CCCN2C(=O)N1c2ccccc2NC(=O)c2cccnc21. The Morgan fingerprint density at radius 2 is 1.86 bits per heavy atom. The Hall–Kier alpha value is -2.93. The second-order valence-corrected chi connectivity index (χ2v) is 8.06. The average Bonchev–Trinajstić information content (AvgIpc) is 2.87. The van der Waals surface area contributed by atoms with Crippen LogP contribution in [-0.4, -0.2) is 58.9 Å². The monoisotopic (exact) mass is 391 g/mol. The number of likely N-dealkylation sites (N-methyl/N-ethyl adjacent to an activating group) is 1. The van der Waals surface area contributed by atoms with Crippen LogP contribution in [0.25, 0.3) is 0 Å². The van der Waals surface area contributed by atoms with Gasteiger partial charge >= 0.3 is 6.03 Å². The molecule has 4 heterocycles. The lowest BCUT2D eigenvalue weighted by molar-refractivity contribution is 0.0429. The molecular weight excluding hydrogens is 366 g/mol. The van der Waals surface area contributed by atoms with E-state index in [9.17, 15) is 9.59 Å². The van der Waals surface area contributed by atoms with Gasteiger partial charge in [-0.1, -0.05) is 12.1 Å². The van der Waals surface area contributed by atoms with Crippen molar-refractivity contribution in [3.8, 4) is 0 Å². The van der Waals surface area contributed by atoms with Crippen molar-refractivity contribution in [1.82, 2.24) is 14.8 Å². The van der Waals surface area contributed by atoms with E-state index in [0.29, 0.717) is 28.8 Å². The van der Waals surface area contributed by atoms with E-state index in [1.165, 1.54) is 0 Å². The molecule has 3 aliphatic heterocycles. The third-order valence-corrected chi connectivity index (χ3v) is 6.39. The van der Waals surface area contributed by atoms with Gasteiger partial charge < -0.3 is 15.1 Å². The predicted molar refractivity (Wildman–Crippen MR) is 112 cm³/mol. The zero-order valence-corrected chi connectivity index (χ0v) is 16.5. The highest BCUT2D eigenvalue weighted by molar-refractivity contribution is 6.16. The van der Waals surface area contributed by atoms with Gasteiger partial charge in [-0.15, -0.1) is 0 Å². The summed E-state index contributed by atoms with van der Waals surface area (Å²) in [6, 6.07) is 11.4. The fourth-order valence-corrected chi connectivity index (χ4v) is 5.00. The van der Waals surface area contributed by atoms with Crippen molar-refractivity contribution in [3.05, 3.63) is 48.2 Å². The van der Waals surface area contributed by atoms with Gasteiger partial charge in [0.2, 0.25) is 0 Å². The molecule has 2 fully saturated rings. The summed E-state index contributed by atoms with van der Waals surface area (Å²) in [7, 11) is 2.16. The van der Waals surface area contributed by atoms with Gasteiger partial charge in [0, 0.05) is 24.8 Å². The van der Waals surface area contributed by atoms with Crippen LogP contribution in [0.2, 0.25) is 0 Å². The molecule has 5 rings (SSSR count). The number of nitrogens with one attached hydrogen (secondary N) is 1. The van der Waals surface area contributed by atoms with Gasteiger partial charge in [-0.05, 0) is 63.5 Å². The molecule has 1 aromatic carbocycles. The number of carbonyl (C=O) groups excluding carboxylic acids is 2. The van der Waals surface area contributed by atoms with Crippen LogP contribution >= 0.6 is 0 Å². The van der Waals surface area contributed by atoms with E-state index >= 15 is 0 Å². The van der Waals surface area contributed by atoms with E-state index in [1.54, 1.807) is 23.2 Å². The van der Waals surface area contributed by atoms with Crippen LogP contribution in [0.5, 0.6) is 0 Å². The van der Waals surface area contributed by atoms with Crippen LogP contribution < -0.4 is 10.2 Å².